The van der Waals surface area contributed by atoms with Crippen molar-refractivity contribution in [3.63, 3.8) is 0 Å². The van der Waals surface area contributed by atoms with Gasteiger partial charge < -0.3 is 46.1 Å². The Balaban J connectivity index is 1.40. The van der Waals surface area contributed by atoms with Gasteiger partial charge in [-0.15, -0.1) is 0 Å². The summed E-state index contributed by atoms with van der Waals surface area (Å²) in [6.07, 6.45) is -0.824. The molecule has 8 atom stereocenters. The normalized spacial score (nSPS) is 21.7. The average Bonchev–Trinajstić information content (AvgIpc) is 3.96. The van der Waals surface area contributed by atoms with E-state index in [4.69, 9.17) is 0 Å². The van der Waals surface area contributed by atoms with E-state index < -0.39 is 66.1 Å². The Labute approximate surface area is 335 Å². The molecule has 1 unspecified atom stereocenters. The number of hydrogen-bond donors (Lipinski definition) is 7. The van der Waals surface area contributed by atoms with Crippen molar-refractivity contribution in [1.82, 2.24) is 41.0 Å². The number of aromatic nitrogens is 2. The van der Waals surface area contributed by atoms with E-state index in [9.17, 15) is 33.1 Å². The molecule has 2 fully saturated rings. The predicted octanol–water partition coefficient (Wildman–Crippen LogP) is 3.59. The number of aliphatic hydroxyl groups excluding tert-OH is 1. The fourth-order valence-corrected chi connectivity index (χ4v) is 8.39. The summed E-state index contributed by atoms with van der Waals surface area (Å²) < 4.78 is 44.9. The van der Waals surface area contributed by atoms with Gasteiger partial charge in [0.2, 0.25) is 23.6 Å². The van der Waals surface area contributed by atoms with Crippen LogP contribution in [0.5, 0.6) is 0 Å². The Morgan fingerprint density at radius 3 is 1.60 bits per heavy atom. The van der Waals surface area contributed by atoms with E-state index in [0.29, 0.717) is 57.2 Å². The highest BCUT2D eigenvalue weighted by Crippen LogP contribution is 2.40. The zero-order valence-corrected chi connectivity index (χ0v) is 33.8. The number of nitrogens with one attached hydrogen (secondary N) is 6. The van der Waals surface area contributed by atoms with Gasteiger partial charge in [0.15, 0.2) is 0 Å². The van der Waals surface area contributed by atoms with Crippen LogP contribution in [0.4, 0.5) is 13.2 Å². The number of aromatic amines is 2. The third-order valence-electron chi connectivity index (χ3n) is 11.9. The minimum absolute atomic E-state index is 0.0420. The van der Waals surface area contributed by atoms with Gasteiger partial charge in [-0.05, 0) is 108 Å². The Kier molecular flexibility index (Phi) is 13.2. The number of alkyl halides is 1. The molecule has 2 aromatic heterocycles. The SMILES string of the molecule is CCC(NC(=O)[C@H](C)NC)C(=O)N1C[C@@H](O)C[C@H]1Cc1c(-c2[nH]c3cc(F)ccc3c2C[C@@H]2C[C@H](F)CN2C(=O)[C@H](CC)NC(=O)[C@H](C)NC)[nH]c2cc(F)ccc12. The lowest BCUT2D eigenvalue weighted by atomic mass is 9.94. The lowest BCUT2D eigenvalue weighted by Gasteiger charge is -2.30. The van der Waals surface area contributed by atoms with E-state index in [2.05, 4.69) is 31.2 Å². The van der Waals surface area contributed by atoms with Crippen LogP contribution in [-0.2, 0) is 32.0 Å². The maximum atomic E-state index is 15.4. The largest absolute Gasteiger partial charge is 0.391 e. The molecule has 0 aliphatic carbocycles. The molecule has 314 valence electrons. The van der Waals surface area contributed by atoms with Crippen molar-refractivity contribution in [2.45, 2.75) is 115 Å². The quantitative estimate of drug-likeness (QED) is 0.0962. The molecule has 2 aliphatic rings. The molecule has 6 rings (SSSR count). The molecule has 0 spiro atoms. The number of H-pyrrole nitrogens is 2. The van der Waals surface area contributed by atoms with E-state index in [1.54, 1.807) is 58.8 Å². The summed E-state index contributed by atoms with van der Waals surface area (Å²) in [6.45, 7) is 6.85. The lowest BCUT2D eigenvalue weighted by Crippen LogP contribution is -2.53. The van der Waals surface area contributed by atoms with Gasteiger partial charge in [0.1, 0.15) is 29.9 Å². The van der Waals surface area contributed by atoms with Crippen LogP contribution in [0.1, 0.15) is 64.5 Å². The molecule has 4 amide bonds. The van der Waals surface area contributed by atoms with Crippen LogP contribution in [-0.4, -0.2) is 124 Å². The summed E-state index contributed by atoms with van der Waals surface area (Å²) in [5.41, 5.74) is 3.37. The Morgan fingerprint density at radius 2 is 1.17 bits per heavy atom. The highest BCUT2D eigenvalue weighted by molar-refractivity contribution is 5.97. The highest BCUT2D eigenvalue weighted by atomic mass is 19.1. The highest BCUT2D eigenvalue weighted by Gasteiger charge is 2.41. The van der Waals surface area contributed by atoms with E-state index >= 15 is 4.39 Å². The van der Waals surface area contributed by atoms with Crippen molar-refractivity contribution in [3.05, 3.63) is 59.2 Å². The zero-order valence-electron chi connectivity index (χ0n) is 33.8. The zero-order chi connectivity index (χ0) is 42.0. The molecule has 2 aliphatic heterocycles. The van der Waals surface area contributed by atoms with Crippen molar-refractivity contribution in [2.24, 2.45) is 0 Å². The average molecular weight is 809 g/mol. The second-order valence-corrected chi connectivity index (χ2v) is 15.7. The van der Waals surface area contributed by atoms with Gasteiger partial charge in [-0.25, -0.2) is 13.2 Å². The van der Waals surface area contributed by atoms with E-state index in [1.165, 1.54) is 29.2 Å². The molecule has 2 saturated heterocycles. The Hall–Kier alpha value is -4.93. The number of benzene rings is 2. The van der Waals surface area contributed by atoms with Crippen LogP contribution in [0.2, 0.25) is 0 Å². The first-order valence-corrected chi connectivity index (χ1v) is 20.2. The van der Waals surface area contributed by atoms with Gasteiger partial charge in [0, 0.05) is 46.9 Å². The summed E-state index contributed by atoms with van der Waals surface area (Å²) in [5.74, 6) is -2.38. The number of likely N-dealkylation sites (tertiary alicyclic amines) is 2. The number of carbonyl (C=O) groups excluding carboxylic acids is 4. The fourth-order valence-electron chi connectivity index (χ4n) is 8.39. The maximum absolute atomic E-state index is 15.4. The van der Waals surface area contributed by atoms with Crippen LogP contribution in [0.15, 0.2) is 36.4 Å². The summed E-state index contributed by atoms with van der Waals surface area (Å²) in [5, 5.41) is 23.6. The van der Waals surface area contributed by atoms with Gasteiger partial charge in [-0.3, -0.25) is 19.2 Å². The molecule has 4 heterocycles. The number of nitrogens with zero attached hydrogens (tertiary/aromatic N) is 2. The van der Waals surface area contributed by atoms with Gasteiger partial charge in [-0.1, -0.05) is 13.8 Å². The van der Waals surface area contributed by atoms with E-state index in [0.717, 1.165) is 0 Å². The third kappa shape index (κ3) is 8.73. The molecular weight excluding hydrogens is 754 g/mol. The molecular formula is C42H55F3N8O5. The van der Waals surface area contributed by atoms with Crippen molar-refractivity contribution in [1.29, 1.82) is 0 Å². The number of halogens is 3. The summed E-state index contributed by atoms with van der Waals surface area (Å²) in [7, 11) is 3.29. The van der Waals surface area contributed by atoms with E-state index in [-0.39, 0.29) is 56.5 Å². The molecule has 2 aromatic carbocycles. The second kappa shape index (κ2) is 17.9. The summed E-state index contributed by atoms with van der Waals surface area (Å²) >= 11 is 0. The van der Waals surface area contributed by atoms with Crippen LogP contribution in [0.3, 0.4) is 0 Å². The minimum Gasteiger partial charge on any atom is -0.391 e. The maximum Gasteiger partial charge on any atom is 0.245 e. The summed E-state index contributed by atoms with van der Waals surface area (Å²) in [4.78, 5) is 63.4. The molecule has 13 nitrogen and oxygen atoms in total. The fraction of sp³-hybridized carbons (Fsp3) is 0.524. The molecule has 0 radical (unpaired) electrons. The smallest absolute Gasteiger partial charge is 0.245 e. The molecule has 16 heteroatoms. The van der Waals surface area contributed by atoms with Crippen LogP contribution < -0.4 is 21.3 Å². The number of likely N-dealkylation sites (N-methyl/N-ethyl adjacent to an activating group) is 2. The van der Waals surface area contributed by atoms with Gasteiger partial charge in [0.05, 0.1) is 36.1 Å². The standard InChI is InChI=1S/C42H55F3N8O5/c1-7-33(50-39(55)21(3)46-5)41(57)52-19-25(45)13-26(52)17-31-29-11-9-23(43)14-35(29)48-37(31)38-32(30-12-10-24(44)15-36(30)49-38)18-27-16-28(54)20-53(27)42(58)34(8-2)51-40(56)22(4)47-6/h9-12,14-15,21-22,25-28,33-34,46-49,54H,7-8,13,16-20H2,1-6H3,(H,50,55)(H,51,56)/t21-,22-,25-,26-,27-,28-,33-,34?/m0/s1. The number of fused-ring (bicyclic) bond motifs is 2. The van der Waals surface area contributed by atoms with Crippen molar-refractivity contribution in [2.75, 3.05) is 27.2 Å². The predicted molar refractivity (Wildman–Crippen MR) is 216 cm³/mol. The van der Waals surface area contributed by atoms with Crippen molar-refractivity contribution < 1.29 is 37.5 Å². The number of β-amino-alcohol motifs (C(OH)–C–C–N with tert-alkyl or cyclic N) is 1. The molecule has 0 saturated carbocycles. The summed E-state index contributed by atoms with van der Waals surface area (Å²) in [6, 6.07) is 4.77. The van der Waals surface area contributed by atoms with Crippen LogP contribution in [0.25, 0.3) is 33.2 Å². The molecule has 4 aromatic rings. The van der Waals surface area contributed by atoms with Gasteiger partial charge in [0.25, 0.3) is 0 Å². The lowest BCUT2D eigenvalue weighted by molar-refractivity contribution is -0.138. The number of hydrogen-bond acceptors (Lipinski definition) is 7. The minimum atomic E-state index is -1.31. The topological polar surface area (TPSA) is 175 Å². The molecule has 58 heavy (non-hydrogen) atoms. The first-order valence-electron chi connectivity index (χ1n) is 20.2. The van der Waals surface area contributed by atoms with Crippen LogP contribution >= 0.6 is 0 Å². The van der Waals surface area contributed by atoms with Crippen molar-refractivity contribution in [3.8, 4) is 11.4 Å². The number of carbonyl (C=O) groups is 4. The Bertz CT molecular complexity index is 2010. The monoisotopic (exact) mass is 808 g/mol. The molecule has 7 N–H and O–H groups in total. The van der Waals surface area contributed by atoms with Crippen molar-refractivity contribution >= 4 is 45.4 Å². The third-order valence-corrected chi connectivity index (χ3v) is 11.9. The second-order valence-electron chi connectivity index (χ2n) is 15.7. The number of rotatable bonds is 15. The number of aliphatic hydroxyl groups is 1. The van der Waals surface area contributed by atoms with Gasteiger partial charge >= 0.3 is 0 Å². The Morgan fingerprint density at radius 1 is 0.741 bits per heavy atom. The van der Waals surface area contributed by atoms with Crippen LogP contribution in [0, 0.1) is 11.6 Å². The molecule has 0 bridgehead atoms. The first kappa shape index (κ1) is 42.7. The van der Waals surface area contributed by atoms with E-state index in [1.807, 2.05) is 0 Å². The van der Waals surface area contributed by atoms with Gasteiger partial charge in [-0.2, -0.15) is 0 Å². The first-order chi connectivity index (χ1) is 27.7. The number of amides is 4.